The largest absolute Gasteiger partial charge is 0.455 e. The van der Waals surface area contributed by atoms with E-state index in [2.05, 4.69) is 80.0 Å². The Labute approximate surface area is 211 Å². The van der Waals surface area contributed by atoms with Crippen LogP contribution >= 0.6 is 0 Å². The number of rotatable bonds is 7. The van der Waals surface area contributed by atoms with Crippen molar-refractivity contribution in [3.05, 3.63) is 131 Å². The van der Waals surface area contributed by atoms with Crippen LogP contribution in [0, 0.1) is 17.8 Å². The van der Waals surface area contributed by atoms with Crippen molar-refractivity contribution in [3.8, 4) is 0 Å². The predicted molar refractivity (Wildman–Crippen MR) is 149 cm³/mol. The molecule has 0 aromatic rings. The summed E-state index contributed by atoms with van der Waals surface area (Å²) in [4.78, 5) is 0. The molecule has 0 amide bonds. The second kappa shape index (κ2) is 11.7. The molecule has 0 aromatic heterocycles. The Morgan fingerprint density at radius 1 is 1.11 bits per heavy atom. The second-order valence-electron chi connectivity index (χ2n) is 9.95. The topological polar surface area (TPSA) is 40.5 Å². The lowest BCUT2D eigenvalue weighted by atomic mass is 9.72. The average molecular weight is 464 g/mol. The molecule has 3 atom stereocenters. The normalized spacial score (nSPS) is 27.9. The van der Waals surface area contributed by atoms with Gasteiger partial charge in [-0.25, -0.2) is 0 Å². The van der Waals surface area contributed by atoms with Crippen LogP contribution < -0.4 is 0 Å². The Hall–Kier alpha value is -2.88. The maximum atomic E-state index is 9.75. The summed E-state index contributed by atoms with van der Waals surface area (Å²) < 4.78 is 0. The highest BCUT2D eigenvalue weighted by Gasteiger charge is 2.27. The molecule has 35 heavy (non-hydrogen) atoms. The molecule has 0 radical (unpaired) electrons. The molecule has 0 saturated heterocycles. The lowest BCUT2D eigenvalue weighted by molar-refractivity contribution is 0.409. The third kappa shape index (κ3) is 6.04. The van der Waals surface area contributed by atoms with Gasteiger partial charge in [-0.15, -0.1) is 0 Å². The maximum absolute atomic E-state index is 9.75. The summed E-state index contributed by atoms with van der Waals surface area (Å²) in [6.07, 6.45) is 34.0. The molecule has 2 nitrogen and oxygen atoms in total. The first kappa shape index (κ1) is 25.2. The van der Waals surface area contributed by atoms with Gasteiger partial charge in [0.25, 0.3) is 0 Å². The van der Waals surface area contributed by atoms with Gasteiger partial charge in [0.1, 0.15) is 0 Å². The molecule has 4 aliphatic carbocycles. The molecule has 180 valence electrons. The lowest BCUT2D eigenvalue weighted by Crippen LogP contribution is -2.18. The van der Waals surface area contributed by atoms with Gasteiger partial charge >= 0.3 is 7.12 Å². The van der Waals surface area contributed by atoms with Gasteiger partial charge < -0.3 is 10.0 Å². The number of hydrogen-bond acceptors (Lipinski definition) is 2. The number of hydrogen-bond donors (Lipinski definition) is 2. The highest BCUT2D eigenvalue weighted by atomic mass is 16.4. The standard InChI is InChI=1S/C32H37BO2/c1-4-5-16-31(24(3)22-33(34)35)32(30-17-9-6-11-23(30)2)29-15-10-14-27(21-29)28-19-18-25-12-7-8-13-26(25)20-28/h4-5,7-10,12-14,16-17,20-21,25-26,29,34-35H,1-2,6,11,15,18-19,22H2,3H3/b16-5-,31-24-,32-30-. The Bertz CT molecular complexity index is 1130. The Morgan fingerprint density at radius 2 is 1.94 bits per heavy atom. The zero-order valence-electron chi connectivity index (χ0n) is 20.9. The predicted octanol–water partition coefficient (Wildman–Crippen LogP) is 7.30. The van der Waals surface area contributed by atoms with E-state index in [1.54, 1.807) is 6.08 Å². The van der Waals surface area contributed by atoms with Crippen molar-refractivity contribution < 1.29 is 10.0 Å². The third-order valence-electron chi connectivity index (χ3n) is 7.45. The van der Waals surface area contributed by atoms with Gasteiger partial charge in [0.15, 0.2) is 0 Å². The van der Waals surface area contributed by atoms with Crippen LogP contribution in [0.25, 0.3) is 0 Å². The van der Waals surface area contributed by atoms with E-state index in [4.69, 9.17) is 0 Å². The lowest BCUT2D eigenvalue weighted by Gasteiger charge is -2.31. The molecular weight excluding hydrogens is 427 g/mol. The van der Waals surface area contributed by atoms with Crippen LogP contribution in [0.15, 0.2) is 131 Å². The summed E-state index contributed by atoms with van der Waals surface area (Å²) in [5, 5.41) is 19.5. The fraction of sp³-hybridized carbons (Fsp3) is 0.312. The van der Waals surface area contributed by atoms with Crippen molar-refractivity contribution in [3.63, 3.8) is 0 Å². The van der Waals surface area contributed by atoms with Gasteiger partial charge in [-0.2, -0.15) is 0 Å². The van der Waals surface area contributed by atoms with Crippen molar-refractivity contribution in [1.29, 1.82) is 0 Å². The molecule has 4 aliphatic rings. The van der Waals surface area contributed by atoms with Gasteiger partial charge in [-0.3, -0.25) is 0 Å². The van der Waals surface area contributed by atoms with Gasteiger partial charge in [0.2, 0.25) is 0 Å². The molecule has 0 aromatic carbocycles. The van der Waals surface area contributed by atoms with Crippen molar-refractivity contribution in [2.75, 3.05) is 0 Å². The first-order chi connectivity index (χ1) is 17.0. The molecule has 3 unspecified atom stereocenters. The second-order valence-corrected chi connectivity index (χ2v) is 9.95. The zero-order valence-corrected chi connectivity index (χ0v) is 20.9. The first-order valence-corrected chi connectivity index (χ1v) is 12.9. The molecule has 0 saturated carbocycles. The van der Waals surface area contributed by atoms with Crippen LogP contribution in [0.2, 0.25) is 6.32 Å². The van der Waals surface area contributed by atoms with Crippen molar-refractivity contribution in [1.82, 2.24) is 0 Å². The molecule has 3 heteroatoms. The van der Waals surface area contributed by atoms with Crippen LogP contribution in [0.1, 0.15) is 39.0 Å². The quantitative estimate of drug-likeness (QED) is 0.307. The van der Waals surface area contributed by atoms with Crippen molar-refractivity contribution >= 4 is 7.12 Å². The van der Waals surface area contributed by atoms with E-state index >= 15 is 0 Å². The Morgan fingerprint density at radius 3 is 2.71 bits per heavy atom. The summed E-state index contributed by atoms with van der Waals surface area (Å²) in [6, 6.07) is 0. The minimum Gasteiger partial charge on any atom is -0.427 e. The molecule has 0 spiro atoms. The first-order valence-electron chi connectivity index (χ1n) is 12.9. The van der Waals surface area contributed by atoms with Crippen LogP contribution in [0.5, 0.6) is 0 Å². The molecule has 0 fully saturated rings. The van der Waals surface area contributed by atoms with E-state index in [-0.39, 0.29) is 12.2 Å². The Kier molecular flexibility index (Phi) is 8.44. The van der Waals surface area contributed by atoms with E-state index in [0.29, 0.717) is 11.8 Å². The van der Waals surface area contributed by atoms with E-state index in [1.807, 2.05) is 13.0 Å². The van der Waals surface area contributed by atoms with Crippen LogP contribution in [0.3, 0.4) is 0 Å². The van der Waals surface area contributed by atoms with E-state index in [9.17, 15) is 10.0 Å². The Balaban J connectivity index is 1.80. The average Bonchev–Trinajstić information content (AvgIpc) is 2.86. The maximum Gasteiger partial charge on any atom is 0.455 e. The summed E-state index contributed by atoms with van der Waals surface area (Å²) in [5.74, 6) is 1.28. The summed E-state index contributed by atoms with van der Waals surface area (Å²) in [5.41, 5.74) is 8.31. The van der Waals surface area contributed by atoms with E-state index < -0.39 is 7.12 Å². The summed E-state index contributed by atoms with van der Waals surface area (Å²) in [7, 11) is -1.38. The van der Waals surface area contributed by atoms with E-state index in [0.717, 1.165) is 42.4 Å². The minimum absolute atomic E-state index is 0.181. The molecule has 4 rings (SSSR count). The van der Waals surface area contributed by atoms with Gasteiger partial charge in [-0.05, 0) is 78.4 Å². The van der Waals surface area contributed by atoms with Crippen molar-refractivity contribution in [2.24, 2.45) is 17.8 Å². The number of fused-ring (bicyclic) bond motifs is 1. The van der Waals surface area contributed by atoms with E-state index in [1.165, 1.54) is 28.7 Å². The molecule has 0 bridgehead atoms. The van der Waals surface area contributed by atoms with Gasteiger partial charge in [-0.1, -0.05) is 97.7 Å². The monoisotopic (exact) mass is 464 g/mol. The number of allylic oxidation sites excluding steroid dienone is 20. The highest BCUT2D eigenvalue weighted by Crippen LogP contribution is 2.42. The van der Waals surface area contributed by atoms with Gasteiger partial charge in [0, 0.05) is 18.2 Å². The van der Waals surface area contributed by atoms with Crippen LogP contribution in [0.4, 0.5) is 0 Å². The summed E-state index contributed by atoms with van der Waals surface area (Å²) in [6.45, 7) is 10.3. The zero-order chi connectivity index (χ0) is 24.8. The molecule has 0 aliphatic heterocycles. The third-order valence-corrected chi connectivity index (χ3v) is 7.45. The van der Waals surface area contributed by atoms with Crippen LogP contribution in [-0.4, -0.2) is 17.2 Å². The minimum atomic E-state index is -1.38. The van der Waals surface area contributed by atoms with Crippen molar-refractivity contribution in [2.45, 2.75) is 45.3 Å². The molecule has 0 heterocycles. The highest BCUT2D eigenvalue weighted by molar-refractivity contribution is 6.42. The summed E-state index contributed by atoms with van der Waals surface area (Å²) >= 11 is 0. The fourth-order valence-electron chi connectivity index (χ4n) is 5.66. The van der Waals surface area contributed by atoms with Crippen LogP contribution in [-0.2, 0) is 0 Å². The fourth-order valence-corrected chi connectivity index (χ4v) is 5.66. The smallest absolute Gasteiger partial charge is 0.427 e. The molecule has 2 N–H and O–H groups in total. The van der Waals surface area contributed by atoms with Gasteiger partial charge in [0.05, 0.1) is 0 Å². The molecular formula is C32H37BO2. The SMILES string of the molecule is C=C\C=C/C(=C(\C)CB(O)O)C(=C1/C=CCCC1=C)/C1C=C(C2=CC3C=CC=CC3CC2)C=CC1.